The van der Waals surface area contributed by atoms with Gasteiger partial charge in [0.2, 0.25) is 5.95 Å². The van der Waals surface area contributed by atoms with Crippen LogP contribution in [0, 0.1) is 0 Å². The van der Waals surface area contributed by atoms with Crippen molar-refractivity contribution in [3.8, 4) is 6.01 Å². The number of nitrogen functional groups attached to an aromatic ring is 1. The summed E-state index contributed by atoms with van der Waals surface area (Å²) >= 11 is 0. The van der Waals surface area contributed by atoms with Gasteiger partial charge in [0.1, 0.15) is 0 Å². The lowest BCUT2D eigenvalue weighted by atomic mass is 10.2. The standard InChI is InChI=1S/C20H35N7O/c1-3-4-11-22-19-24-17(21)16-18(25-19)27(20(23-16)28-2)15-10-9-14-26-12-7-5-6-8-13-26/h3-15H2,1-2H3,(H3,21,22,24,25). The maximum absolute atomic E-state index is 6.14. The van der Waals surface area contributed by atoms with Crippen LogP contribution in [0.2, 0.25) is 0 Å². The molecule has 1 aliphatic heterocycles. The van der Waals surface area contributed by atoms with Crippen molar-refractivity contribution < 1.29 is 4.74 Å². The Labute approximate surface area is 167 Å². The van der Waals surface area contributed by atoms with E-state index < -0.39 is 0 Å². The first-order valence-electron chi connectivity index (χ1n) is 10.8. The van der Waals surface area contributed by atoms with Crippen LogP contribution >= 0.6 is 0 Å². The minimum Gasteiger partial charge on any atom is -0.468 e. The Bertz CT molecular complexity index is 738. The zero-order chi connectivity index (χ0) is 19.8. The molecule has 1 fully saturated rings. The van der Waals surface area contributed by atoms with Crippen LogP contribution in [0.5, 0.6) is 6.01 Å². The molecule has 8 heteroatoms. The number of aromatic nitrogens is 4. The Morgan fingerprint density at radius 2 is 1.75 bits per heavy atom. The Morgan fingerprint density at radius 1 is 1.00 bits per heavy atom. The highest BCUT2D eigenvalue weighted by Gasteiger charge is 2.17. The van der Waals surface area contributed by atoms with Gasteiger partial charge in [-0.25, -0.2) is 0 Å². The number of anilines is 2. The molecule has 0 unspecified atom stereocenters. The van der Waals surface area contributed by atoms with E-state index in [4.69, 9.17) is 10.5 Å². The molecule has 0 saturated carbocycles. The number of unbranched alkanes of at least 4 members (excludes halogenated alkanes) is 2. The maximum Gasteiger partial charge on any atom is 0.298 e. The maximum atomic E-state index is 6.14. The molecule has 0 bridgehead atoms. The number of likely N-dealkylation sites (tertiary alicyclic amines) is 1. The number of fused-ring (bicyclic) bond motifs is 1. The van der Waals surface area contributed by atoms with Gasteiger partial charge in [0.05, 0.1) is 7.11 Å². The predicted molar refractivity (Wildman–Crippen MR) is 114 cm³/mol. The van der Waals surface area contributed by atoms with Gasteiger partial charge in [-0.05, 0) is 51.7 Å². The van der Waals surface area contributed by atoms with Crippen LogP contribution < -0.4 is 15.8 Å². The second kappa shape index (κ2) is 10.5. The topological polar surface area (TPSA) is 94.1 Å². The van der Waals surface area contributed by atoms with Crippen molar-refractivity contribution in [3.05, 3.63) is 0 Å². The quantitative estimate of drug-likeness (QED) is 0.602. The van der Waals surface area contributed by atoms with Crippen molar-refractivity contribution in [3.63, 3.8) is 0 Å². The van der Waals surface area contributed by atoms with Crippen LogP contribution in [0.25, 0.3) is 11.2 Å². The molecule has 0 aliphatic carbocycles. The van der Waals surface area contributed by atoms with Gasteiger partial charge in [-0.3, -0.25) is 4.57 Å². The number of rotatable bonds is 10. The predicted octanol–water partition coefficient (Wildman–Crippen LogP) is 3.29. The number of nitrogens with zero attached hydrogens (tertiary/aromatic N) is 5. The van der Waals surface area contributed by atoms with Crippen LogP contribution in [0.1, 0.15) is 58.3 Å². The third-order valence-corrected chi connectivity index (χ3v) is 5.39. The van der Waals surface area contributed by atoms with Crippen molar-refractivity contribution in [2.24, 2.45) is 0 Å². The highest BCUT2D eigenvalue weighted by Crippen LogP contribution is 2.25. The normalized spacial score (nSPS) is 15.6. The summed E-state index contributed by atoms with van der Waals surface area (Å²) in [6.07, 6.45) is 9.84. The van der Waals surface area contributed by atoms with Gasteiger partial charge in [0, 0.05) is 13.1 Å². The first kappa shape index (κ1) is 20.6. The molecule has 0 radical (unpaired) electrons. The molecule has 3 rings (SSSR count). The van der Waals surface area contributed by atoms with Crippen LogP contribution in [0.4, 0.5) is 11.8 Å². The Balaban J connectivity index is 1.66. The molecule has 3 N–H and O–H groups in total. The van der Waals surface area contributed by atoms with Crippen LogP contribution in [-0.4, -0.2) is 57.7 Å². The second-order valence-electron chi connectivity index (χ2n) is 7.60. The molecule has 0 amide bonds. The molecule has 0 atom stereocenters. The number of hydrogen-bond acceptors (Lipinski definition) is 7. The number of nitrogens with one attached hydrogen (secondary N) is 1. The first-order valence-corrected chi connectivity index (χ1v) is 10.8. The SMILES string of the molecule is CCCCNc1nc(N)c2nc(OC)n(CCCCN3CCCCCC3)c2n1. The number of aryl methyl sites for hydroxylation is 1. The molecule has 0 aromatic carbocycles. The van der Waals surface area contributed by atoms with Gasteiger partial charge in [-0.15, -0.1) is 0 Å². The fourth-order valence-electron chi connectivity index (χ4n) is 3.78. The van der Waals surface area contributed by atoms with E-state index in [-0.39, 0.29) is 0 Å². The second-order valence-corrected chi connectivity index (χ2v) is 7.60. The smallest absolute Gasteiger partial charge is 0.298 e. The molecule has 1 saturated heterocycles. The van der Waals surface area contributed by atoms with E-state index in [1.807, 2.05) is 4.57 Å². The van der Waals surface area contributed by atoms with Gasteiger partial charge >= 0.3 is 0 Å². The third-order valence-electron chi connectivity index (χ3n) is 5.39. The van der Waals surface area contributed by atoms with Crippen molar-refractivity contribution in [1.29, 1.82) is 0 Å². The monoisotopic (exact) mass is 389 g/mol. The number of imidazole rings is 1. The summed E-state index contributed by atoms with van der Waals surface area (Å²) in [5.41, 5.74) is 7.50. The highest BCUT2D eigenvalue weighted by atomic mass is 16.5. The highest BCUT2D eigenvalue weighted by molar-refractivity contribution is 5.84. The van der Waals surface area contributed by atoms with E-state index in [0.717, 1.165) is 51.0 Å². The fourth-order valence-corrected chi connectivity index (χ4v) is 3.78. The van der Waals surface area contributed by atoms with Crippen LogP contribution in [-0.2, 0) is 6.54 Å². The Morgan fingerprint density at radius 3 is 2.46 bits per heavy atom. The first-order chi connectivity index (χ1) is 13.7. The fraction of sp³-hybridized carbons (Fsp3) is 0.750. The van der Waals surface area contributed by atoms with Gasteiger partial charge in [-0.1, -0.05) is 26.2 Å². The summed E-state index contributed by atoms with van der Waals surface area (Å²) in [5.74, 6) is 0.956. The molecular weight excluding hydrogens is 354 g/mol. The molecule has 3 heterocycles. The minimum absolute atomic E-state index is 0.394. The molecule has 1 aliphatic rings. The molecule has 28 heavy (non-hydrogen) atoms. The summed E-state index contributed by atoms with van der Waals surface area (Å²) < 4.78 is 7.51. The summed E-state index contributed by atoms with van der Waals surface area (Å²) in [5, 5.41) is 3.26. The van der Waals surface area contributed by atoms with Gasteiger partial charge in [0.15, 0.2) is 17.0 Å². The number of hydrogen-bond donors (Lipinski definition) is 2. The van der Waals surface area contributed by atoms with Gasteiger partial charge in [0.25, 0.3) is 6.01 Å². The molecule has 156 valence electrons. The third kappa shape index (κ3) is 5.25. The van der Waals surface area contributed by atoms with Gasteiger partial charge in [-0.2, -0.15) is 15.0 Å². The zero-order valence-corrected chi connectivity index (χ0v) is 17.4. The van der Waals surface area contributed by atoms with Crippen molar-refractivity contribution in [2.45, 2.75) is 64.8 Å². The summed E-state index contributed by atoms with van der Waals surface area (Å²) in [7, 11) is 1.64. The summed E-state index contributed by atoms with van der Waals surface area (Å²) in [4.78, 5) is 16.1. The van der Waals surface area contributed by atoms with E-state index in [0.29, 0.717) is 23.3 Å². The average Bonchev–Trinajstić information content (AvgIpc) is 2.86. The van der Waals surface area contributed by atoms with Crippen molar-refractivity contribution in [2.75, 3.05) is 44.3 Å². The molecule has 8 nitrogen and oxygen atoms in total. The lowest BCUT2D eigenvalue weighted by Crippen LogP contribution is -2.25. The molecule has 0 spiro atoms. The number of ether oxygens (including phenoxy) is 1. The van der Waals surface area contributed by atoms with Crippen molar-refractivity contribution in [1.82, 2.24) is 24.4 Å². The van der Waals surface area contributed by atoms with Crippen LogP contribution in [0.3, 0.4) is 0 Å². The lowest BCUT2D eigenvalue weighted by Gasteiger charge is -2.19. The average molecular weight is 390 g/mol. The Hall–Kier alpha value is -2.09. The molecule has 2 aromatic heterocycles. The van der Waals surface area contributed by atoms with Crippen molar-refractivity contribution >= 4 is 22.9 Å². The van der Waals surface area contributed by atoms with Crippen LogP contribution in [0.15, 0.2) is 0 Å². The molecule has 2 aromatic rings. The largest absolute Gasteiger partial charge is 0.468 e. The van der Waals surface area contributed by atoms with E-state index in [1.54, 1.807) is 7.11 Å². The Kier molecular flexibility index (Phi) is 7.71. The van der Waals surface area contributed by atoms with Gasteiger partial charge < -0.3 is 20.7 Å². The number of methoxy groups -OCH3 is 1. The van der Waals surface area contributed by atoms with E-state index in [2.05, 4.69) is 32.1 Å². The van der Waals surface area contributed by atoms with E-state index >= 15 is 0 Å². The number of nitrogens with two attached hydrogens (primary N) is 1. The summed E-state index contributed by atoms with van der Waals surface area (Å²) in [6.45, 7) is 7.46. The minimum atomic E-state index is 0.394. The van der Waals surface area contributed by atoms with E-state index in [1.165, 1.54) is 38.8 Å². The van der Waals surface area contributed by atoms with E-state index in [9.17, 15) is 0 Å². The zero-order valence-electron chi connectivity index (χ0n) is 17.4. The molecular formula is C20H35N7O. The summed E-state index contributed by atoms with van der Waals surface area (Å²) in [6, 6.07) is 0.552. The lowest BCUT2D eigenvalue weighted by molar-refractivity contribution is 0.275.